The smallest absolute Gasteiger partial charge is 0.319 e. The predicted octanol–water partition coefficient (Wildman–Crippen LogP) is 2.78. The van der Waals surface area contributed by atoms with Crippen molar-refractivity contribution in [1.29, 1.82) is 0 Å². The monoisotopic (exact) mass is 437 g/mol. The Balaban J connectivity index is 1.72. The molecule has 1 fully saturated rings. The third-order valence-corrected chi connectivity index (χ3v) is 6.49. The van der Waals surface area contributed by atoms with Crippen molar-refractivity contribution in [1.82, 2.24) is 14.9 Å². The fraction of sp³-hybridized carbons (Fsp3) is 0.421. The molecule has 2 heterocycles. The van der Waals surface area contributed by atoms with Crippen molar-refractivity contribution >= 4 is 47.5 Å². The number of nitrogens with zero attached hydrogens (tertiary/aromatic N) is 3. The highest BCUT2D eigenvalue weighted by Crippen LogP contribution is 2.38. The Morgan fingerprint density at radius 1 is 1.38 bits per heavy atom. The van der Waals surface area contributed by atoms with E-state index in [9.17, 15) is 9.36 Å². The normalized spacial score (nSPS) is 17.2. The Morgan fingerprint density at radius 3 is 2.86 bits per heavy atom. The van der Waals surface area contributed by atoms with Gasteiger partial charge in [-0.2, -0.15) is 4.98 Å². The molecule has 0 amide bonds. The highest BCUT2D eigenvalue weighted by Gasteiger charge is 2.25. The van der Waals surface area contributed by atoms with E-state index in [1.165, 1.54) is 13.3 Å². The molecule has 2 N–H and O–H groups in total. The van der Waals surface area contributed by atoms with E-state index in [4.69, 9.17) is 16.3 Å². The molecule has 1 aromatic heterocycles. The molecule has 0 saturated carbocycles. The molecule has 1 unspecified atom stereocenters. The van der Waals surface area contributed by atoms with Gasteiger partial charge >= 0.3 is 5.97 Å². The Kier molecular flexibility index (Phi) is 6.77. The number of hydrogen-bond donors (Lipinski definition) is 2. The van der Waals surface area contributed by atoms with Crippen LogP contribution in [0.2, 0.25) is 5.02 Å². The van der Waals surface area contributed by atoms with Crippen LogP contribution in [-0.2, 0) is 14.1 Å². The Hall–Kier alpha value is -2.15. The van der Waals surface area contributed by atoms with Crippen LogP contribution < -0.4 is 15.9 Å². The second-order valence-electron chi connectivity index (χ2n) is 7.32. The van der Waals surface area contributed by atoms with E-state index in [0.29, 0.717) is 29.0 Å². The minimum absolute atomic E-state index is 0.118. The summed E-state index contributed by atoms with van der Waals surface area (Å²) in [4.78, 5) is 22.2. The van der Waals surface area contributed by atoms with Gasteiger partial charge in [0.25, 0.3) is 0 Å². The predicted molar refractivity (Wildman–Crippen MR) is 116 cm³/mol. The maximum absolute atomic E-state index is 12.6. The summed E-state index contributed by atoms with van der Waals surface area (Å²) >= 11 is 6.28. The lowest BCUT2D eigenvalue weighted by atomic mass is 10.3. The van der Waals surface area contributed by atoms with Crippen LogP contribution in [0.3, 0.4) is 0 Å². The summed E-state index contributed by atoms with van der Waals surface area (Å²) in [6.45, 7) is 5.21. The Labute approximate surface area is 175 Å². The van der Waals surface area contributed by atoms with Crippen molar-refractivity contribution in [2.75, 3.05) is 50.7 Å². The summed E-state index contributed by atoms with van der Waals surface area (Å²) in [6, 6.07) is 7.53. The van der Waals surface area contributed by atoms with Gasteiger partial charge in [0.15, 0.2) is 5.82 Å². The third-order valence-electron chi connectivity index (χ3n) is 4.67. The van der Waals surface area contributed by atoms with Crippen LogP contribution in [-0.4, -0.2) is 67.0 Å². The molecule has 2 aromatic rings. The number of ether oxygens (including phenoxy) is 1. The molecule has 29 heavy (non-hydrogen) atoms. The van der Waals surface area contributed by atoms with E-state index in [1.54, 1.807) is 13.3 Å². The molecule has 3 rings (SSSR count). The standard InChI is InChI=1S/C19H25ClN5O3P/c1-28-17(26)12-25-9-8-13(11-25)22-19-21-10-14(20)18(24-19)23-15-6-4-5-7-16(15)29(2,3)27/h4-7,10,13H,8-9,11-12H2,1-3H3,(H2,21,22,23,24). The van der Waals surface area contributed by atoms with E-state index >= 15 is 0 Å². The van der Waals surface area contributed by atoms with E-state index < -0.39 is 7.14 Å². The molecule has 0 aliphatic carbocycles. The number of halogens is 1. The third kappa shape index (κ3) is 5.69. The molecule has 0 radical (unpaired) electrons. The molecule has 8 nitrogen and oxygen atoms in total. The van der Waals surface area contributed by atoms with Crippen molar-refractivity contribution in [3.63, 3.8) is 0 Å². The molecule has 1 saturated heterocycles. The molecule has 1 aromatic carbocycles. The number of carbonyl (C=O) groups excluding carboxylic acids is 1. The van der Waals surface area contributed by atoms with Crippen molar-refractivity contribution in [3.8, 4) is 0 Å². The van der Waals surface area contributed by atoms with Gasteiger partial charge < -0.3 is 19.9 Å². The zero-order valence-electron chi connectivity index (χ0n) is 16.7. The number of anilines is 3. The van der Waals surface area contributed by atoms with Gasteiger partial charge in [-0.25, -0.2) is 4.98 Å². The van der Waals surface area contributed by atoms with Gasteiger partial charge in [-0.3, -0.25) is 9.69 Å². The Bertz CT molecular complexity index is 936. The van der Waals surface area contributed by atoms with E-state index in [2.05, 4.69) is 20.6 Å². The highest BCUT2D eigenvalue weighted by molar-refractivity contribution is 7.70. The van der Waals surface area contributed by atoms with Crippen LogP contribution in [0.5, 0.6) is 0 Å². The van der Waals surface area contributed by atoms with Crippen LogP contribution in [0.4, 0.5) is 17.5 Å². The van der Waals surface area contributed by atoms with Crippen LogP contribution in [0, 0.1) is 0 Å². The lowest BCUT2D eigenvalue weighted by Crippen LogP contribution is -2.31. The fourth-order valence-corrected chi connectivity index (χ4v) is 4.52. The average molecular weight is 438 g/mol. The molecule has 0 bridgehead atoms. The van der Waals surface area contributed by atoms with Crippen molar-refractivity contribution < 1.29 is 14.1 Å². The SMILES string of the molecule is COC(=O)CN1CCC(Nc2ncc(Cl)c(Nc3ccccc3P(C)(C)=O)n2)C1. The van der Waals surface area contributed by atoms with E-state index in [0.717, 1.165) is 18.3 Å². The lowest BCUT2D eigenvalue weighted by Gasteiger charge is -2.17. The molecule has 1 atom stereocenters. The van der Waals surface area contributed by atoms with Crippen LogP contribution in [0.15, 0.2) is 30.5 Å². The van der Waals surface area contributed by atoms with Gasteiger partial charge in [0.05, 0.1) is 25.5 Å². The summed E-state index contributed by atoms with van der Waals surface area (Å²) in [5.41, 5.74) is 0.706. The topological polar surface area (TPSA) is 96.5 Å². The molecule has 156 valence electrons. The first-order valence-electron chi connectivity index (χ1n) is 9.26. The van der Waals surface area contributed by atoms with E-state index in [-0.39, 0.29) is 18.6 Å². The van der Waals surface area contributed by atoms with Gasteiger partial charge in [-0.05, 0) is 31.9 Å². The van der Waals surface area contributed by atoms with E-state index in [1.807, 2.05) is 29.2 Å². The van der Waals surface area contributed by atoms with Crippen molar-refractivity contribution in [2.24, 2.45) is 0 Å². The molecule has 1 aliphatic heterocycles. The number of methoxy groups -OCH3 is 1. The largest absolute Gasteiger partial charge is 0.468 e. The first-order valence-corrected chi connectivity index (χ1v) is 12.2. The number of aromatic nitrogens is 2. The number of rotatable bonds is 7. The molecule has 10 heteroatoms. The molecule has 1 aliphatic rings. The van der Waals surface area contributed by atoms with Crippen LogP contribution >= 0.6 is 18.7 Å². The summed E-state index contributed by atoms with van der Waals surface area (Å²) in [6.07, 6.45) is 2.39. The van der Waals surface area contributed by atoms with Crippen molar-refractivity contribution in [2.45, 2.75) is 12.5 Å². The number of hydrogen-bond acceptors (Lipinski definition) is 8. The zero-order chi connectivity index (χ0) is 21.0. The first-order chi connectivity index (χ1) is 13.8. The lowest BCUT2D eigenvalue weighted by molar-refractivity contribution is -0.141. The summed E-state index contributed by atoms with van der Waals surface area (Å²) in [7, 11) is -1.09. The minimum atomic E-state index is -2.47. The van der Waals surface area contributed by atoms with Gasteiger partial charge in [0, 0.05) is 24.4 Å². The maximum Gasteiger partial charge on any atom is 0.319 e. The summed E-state index contributed by atoms with van der Waals surface area (Å²) in [5.74, 6) is 0.632. The summed E-state index contributed by atoms with van der Waals surface area (Å²) in [5, 5.41) is 7.58. The van der Waals surface area contributed by atoms with Gasteiger partial charge in [0.1, 0.15) is 12.2 Å². The molecule has 0 spiro atoms. The van der Waals surface area contributed by atoms with Crippen molar-refractivity contribution in [3.05, 3.63) is 35.5 Å². The number of para-hydroxylation sites is 1. The van der Waals surface area contributed by atoms with Crippen LogP contribution in [0.25, 0.3) is 0 Å². The number of nitrogens with one attached hydrogen (secondary N) is 2. The molecular formula is C19H25ClN5O3P. The second kappa shape index (κ2) is 9.11. The summed E-state index contributed by atoms with van der Waals surface area (Å²) < 4.78 is 17.3. The van der Waals surface area contributed by atoms with Crippen LogP contribution in [0.1, 0.15) is 6.42 Å². The number of esters is 1. The minimum Gasteiger partial charge on any atom is -0.468 e. The highest BCUT2D eigenvalue weighted by atomic mass is 35.5. The average Bonchev–Trinajstić information content (AvgIpc) is 3.10. The maximum atomic E-state index is 12.6. The second-order valence-corrected chi connectivity index (χ2v) is 10.9. The molecular weight excluding hydrogens is 413 g/mol. The Morgan fingerprint density at radius 2 is 2.14 bits per heavy atom. The van der Waals surface area contributed by atoms with Gasteiger partial charge in [-0.15, -0.1) is 0 Å². The number of carbonyl (C=O) groups is 1. The number of likely N-dealkylation sites (tertiary alicyclic amines) is 1. The van der Waals surface area contributed by atoms with Gasteiger partial charge in [-0.1, -0.05) is 23.7 Å². The fourth-order valence-electron chi connectivity index (χ4n) is 3.22. The quantitative estimate of drug-likeness (QED) is 0.504. The van der Waals surface area contributed by atoms with Gasteiger partial charge in [0.2, 0.25) is 5.95 Å². The first kappa shape index (κ1) is 21.6. The zero-order valence-corrected chi connectivity index (χ0v) is 18.3. The number of benzene rings is 1.